The summed E-state index contributed by atoms with van der Waals surface area (Å²) in [5.41, 5.74) is 0. The van der Waals surface area contributed by atoms with Gasteiger partial charge in [-0.3, -0.25) is 0 Å². The van der Waals surface area contributed by atoms with Gasteiger partial charge in [-0.05, 0) is 31.5 Å². The second-order valence-corrected chi connectivity index (χ2v) is 4.92. The first-order valence-corrected chi connectivity index (χ1v) is 6.76. The number of piperidine rings is 1. The number of rotatable bonds is 2. The molecule has 1 aliphatic rings. The average molecular weight is 286 g/mol. The molecule has 1 saturated heterocycles. The number of aromatic nitrogens is 2. The summed E-state index contributed by atoms with van der Waals surface area (Å²) in [6.07, 6.45) is 3.67. The van der Waals surface area contributed by atoms with Crippen LogP contribution in [-0.2, 0) is 0 Å². The largest absolute Gasteiger partial charge is 0.365 e. The SMILES string of the molecule is CNC(=S)Nc1nc(Cl)cc(N2CCCCC2)n1. The molecule has 0 aromatic carbocycles. The summed E-state index contributed by atoms with van der Waals surface area (Å²) in [5, 5.41) is 6.61. The Morgan fingerprint density at radius 3 is 2.72 bits per heavy atom. The molecule has 1 aliphatic heterocycles. The molecular formula is C11H16ClN5S. The van der Waals surface area contributed by atoms with Crippen LogP contribution in [0.4, 0.5) is 11.8 Å². The van der Waals surface area contributed by atoms with Crippen molar-refractivity contribution in [3.63, 3.8) is 0 Å². The molecule has 0 radical (unpaired) electrons. The lowest BCUT2D eigenvalue weighted by molar-refractivity contribution is 0.573. The van der Waals surface area contributed by atoms with Crippen LogP contribution < -0.4 is 15.5 Å². The Morgan fingerprint density at radius 1 is 1.33 bits per heavy atom. The van der Waals surface area contributed by atoms with Crippen molar-refractivity contribution in [2.45, 2.75) is 19.3 Å². The van der Waals surface area contributed by atoms with E-state index in [1.54, 1.807) is 13.1 Å². The van der Waals surface area contributed by atoms with Crippen molar-refractivity contribution in [2.75, 3.05) is 30.4 Å². The second-order valence-electron chi connectivity index (χ2n) is 4.12. The molecule has 0 unspecified atom stereocenters. The summed E-state index contributed by atoms with van der Waals surface area (Å²) < 4.78 is 0. The Balaban J connectivity index is 2.17. The van der Waals surface area contributed by atoms with Crippen molar-refractivity contribution in [2.24, 2.45) is 0 Å². The van der Waals surface area contributed by atoms with Gasteiger partial charge in [-0.1, -0.05) is 11.6 Å². The number of hydrogen-bond donors (Lipinski definition) is 2. The van der Waals surface area contributed by atoms with Crippen LogP contribution in [-0.4, -0.2) is 35.2 Å². The maximum atomic E-state index is 6.01. The van der Waals surface area contributed by atoms with Crippen LogP contribution in [0.15, 0.2) is 6.07 Å². The van der Waals surface area contributed by atoms with Crippen LogP contribution in [0.1, 0.15) is 19.3 Å². The molecular weight excluding hydrogens is 270 g/mol. The van der Waals surface area contributed by atoms with Crippen molar-refractivity contribution in [3.05, 3.63) is 11.2 Å². The fourth-order valence-electron chi connectivity index (χ4n) is 1.91. The molecule has 1 aromatic heterocycles. The first-order valence-electron chi connectivity index (χ1n) is 5.97. The van der Waals surface area contributed by atoms with Crippen LogP contribution >= 0.6 is 23.8 Å². The Bertz CT molecular complexity index is 433. The van der Waals surface area contributed by atoms with Gasteiger partial charge in [0.1, 0.15) is 11.0 Å². The highest BCUT2D eigenvalue weighted by molar-refractivity contribution is 7.80. The maximum absolute atomic E-state index is 6.01. The Hall–Kier alpha value is -1.14. The summed E-state index contributed by atoms with van der Waals surface area (Å²) >= 11 is 11.0. The minimum atomic E-state index is 0.423. The zero-order valence-corrected chi connectivity index (χ0v) is 11.8. The van der Waals surface area contributed by atoms with Gasteiger partial charge in [-0.15, -0.1) is 0 Å². The quantitative estimate of drug-likeness (QED) is 0.641. The van der Waals surface area contributed by atoms with Crippen LogP contribution in [0.3, 0.4) is 0 Å². The van der Waals surface area contributed by atoms with Crippen molar-refractivity contribution in [3.8, 4) is 0 Å². The zero-order valence-electron chi connectivity index (χ0n) is 10.2. The van der Waals surface area contributed by atoms with E-state index in [0.29, 0.717) is 16.2 Å². The van der Waals surface area contributed by atoms with Crippen molar-refractivity contribution in [1.82, 2.24) is 15.3 Å². The molecule has 18 heavy (non-hydrogen) atoms. The minimum absolute atomic E-state index is 0.423. The Kier molecular flexibility index (Phi) is 4.54. The van der Waals surface area contributed by atoms with E-state index in [-0.39, 0.29) is 0 Å². The first-order chi connectivity index (χ1) is 8.69. The third-order valence-electron chi connectivity index (χ3n) is 2.81. The van der Waals surface area contributed by atoms with Gasteiger partial charge >= 0.3 is 0 Å². The average Bonchev–Trinajstić information content (AvgIpc) is 2.39. The summed E-state index contributed by atoms with van der Waals surface area (Å²) in [4.78, 5) is 10.8. The number of nitrogens with one attached hydrogen (secondary N) is 2. The standard InChI is InChI=1S/C11H16ClN5S/c1-13-11(18)16-10-14-8(12)7-9(15-10)17-5-3-2-4-6-17/h7H,2-6H2,1H3,(H2,13,14,15,16,18). The molecule has 7 heteroatoms. The van der Waals surface area contributed by atoms with E-state index in [4.69, 9.17) is 23.8 Å². The third kappa shape index (κ3) is 3.43. The molecule has 0 spiro atoms. The lowest BCUT2D eigenvalue weighted by Crippen LogP contribution is -2.31. The molecule has 0 atom stereocenters. The number of thiocarbonyl (C=S) groups is 1. The molecule has 0 saturated carbocycles. The highest BCUT2D eigenvalue weighted by Crippen LogP contribution is 2.21. The number of anilines is 2. The third-order valence-corrected chi connectivity index (χ3v) is 3.31. The summed E-state index contributed by atoms with van der Waals surface area (Å²) in [6.45, 7) is 2.03. The van der Waals surface area contributed by atoms with E-state index in [2.05, 4.69) is 25.5 Å². The van der Waals surface area contributed by atoms with Gasteiger partial charge < -0.3 is 15.5 Å². The second kappa shape index (κ2) is 6.15. The lowest BCUT2D eigenvalue weighted by Gasteiger charge is -2.27. The van der Waals surface area contributed by atoms with Crippen molar-refractivity contribution < 1.29 is 0 Å². The molecule has 0 aliphatic carbocycles. The predicted octanol–water partition coefficient (Wildman–Crippen LogP) is 2.04. The molecule has 98 valence electrons. The minimum Gasteiger partial charge on any atom is -0.365 e. The van der Waals surface area contributed by atoms with Gasteiger partial charge in [0.25, 0.3) is 0 Å². The molecule has 0 bridgehead atoms. The summed E-state index contributed by atoms with van der Waals surface area (Å²) in [7, 11) is 1.74. The van der Waals surface area contributed by atoms with Crippen LogP contribution in [0.25, 0.3) is 0 Å². The number of nitrogens with zero attached hydrogens (tertiary/aromatic N) is 3. The molecule has 2 heterocycles. The topological polar surface area (TPSA) is 53.1 Å². The summed E-state index contributed by atoms with van der Waals surface area (Å²) in [6, 6.07) is 1.79. The normalized spacial score (nSPS) is 15.3. The van der Waals surface area contributed by atoms with E-state index in [9.17, 15) is 0 Å². The van der Waals surface area contributed by atoms with E-state index in [1.165, 1.54) is 19.3 Å². The smallest absolute Gasteiger partial charge is 0.232 e. The van der Waals surface area contributed by atoms with Crippen LogP contribution in [0.5, 0.6) is 0 Å². The molecule has 2 rings (SSSR count). The lowest BCUT2D eigenvalue weighted by atomic mass is 10.1. The van der Waals surface area contributed by atoms with E-state index in [1.807, 2.05) is 0 Å². The van der Waals surface area contributed by atoms with Crippen LogP contribution in [0.2, 0.25) is 5.15 Å². The molecule has 1 aromatic rings. The fourth-order valence-corrected chi connectivity index (χ4v) is 2.18. The molecule has 5 nitrogen and oxygen atoms in total. The van der Waals surface area contributed by atoms with E-state index in [0.717, 1.165) is 18.9 Å². The molecule has 1 fully saturated rings. The Labute approximate surface area is 117 Å². The van der Waals surface area contributed by atoms with E-state index < -0.39 is 0 Å². The van der Waals surface area contributed by atoms with Gasteiger partial charge in [-0.25, -0.2) is 4.98 Å². The first kappa shape index (κ1) is 13.3. The van der Waals surface area contributed by atoms with Crippen molar-refractivity contribution in [1.29, 1.82) is 0 Å². The predicted molar refractivity (Wildman–Crippen MR) is 78.4 cm³/mol. The number of hydrogen-bond acceptors (Lipinski definition) is 4. The zero-order chi connectivity index (χ0) is 13.0. The van der Waals surface area contributed by atoms with Gasteiger partial charge in [-0.2, -0.15) is 4.98 Å². The van der Waals surface area contributed by atoms with Crippen LogP contribution in [0, 0.1) is 0 Å². The molecule has 2 N–H and O–H groups in total. The maximum Gasteiger partial charge on any atom is 0.232 e. The monoisotopic (exact) mass is 285 g/mol. The van der Waals surface area contributed by atoms with E-state index >= 15 is 0 Å². The Morgan fingerprint density at radius 2 is 2.06 bits per heavy atom. The van der Waals surface area contributed by atoms with Crippen molar-refractivity contribution >= 4 is 40.7 Å². The highest BCUT2D eigenvalue weighted by atomic mass is 35.5. The highest BCUT2D eigenvalue weighted by Gasteiger charge is 2.14. The summed E-state index contributed by atoms with van der Waals surface area (Å²) in [5.74, 6) is 1.29. The fraction of sp³-hybridized carbons (Fsp3) is 0.545. The molecule has 0 amide bonds. The van der Waals surface area contributed by atoms with Gasteiger partial charge in [0.05, 0.1) is 0 Å². The number of halogens is 1. The van der Waals surface area contributed by atoms with Gasteiger partial charge in [0.15, 0.2) is 5.11 Å². The van der Waals surface area contributed by atoms with Gasteiger partial charge in [0.2, 0.25) is 5.95 Å². The van der Waals surface area contributed by atoms with Gasteiger partial charge in [0, 0.05) is 26.2 Å².